The van der Waals surface area contributed by atoms with Gasteiger partial charge in [-0.05, 0) is 124 Å². The number of carboxylic acids is 1. The number of aliphatic carboxylic acids is 1. The van der Waals surface area contributed by atoms with Gasteiger partial charge in [-0.2, -0.15) is 39.5 Å². The normalized spacial score (nSPS) is 17.5. The highest BCUT2D eigenvalue weighted by molar-refractivity contribution is 6.42. The first kappa shape index (κ1) is 78.2. The summed E-state index contributed by atoms with van der Waals surface area (Å²) in [4.78, 5) is 78.8. The number of nitrogens with zero attached hydrogens (tertiary/aromatic N) is 5. The molecule has 2 spiro atoms. The number of fused-ring (bicyclic) bond motifs is 4. The van der Waals surface area contributed by atoms with E-state index in [9.17, 15) is 63.5 Å². The fraction of sp³-hybridized carbons (Fsp3) is 0.516. The lowest BCUT2D eigenvalue weighted by Crippen LogP contribution is -2.59. The van der Waals surface area contributed by atoms with Gasteiger partial charge in [0.15, 0.2) is 0 Å². The summed E-state index contributed by atoms with van der Waals surface area (Å²) in [6.07, 6.45) is -12.0. The lowest BCUT2D eigenvalue weighted by Gasteiger charge is -2.48. The van der Waals surface area contributed by atoms with Gasteiger partial charge in [0.2, 0.25) is 11.8 Å². The summed E-state index contributed by atoms with van der Waals surface area (Å²) in [7, 11) is 5.31. The smallest absolute Gasteiger partial charge is 0.475 e. The number of carboxylic acid groups (broad SMARTS) is 1. The molecule has 2 unspecified atom stereocenters. The molecule has 0 saturated carbocycles. The second kappa shape index (κ2) is 32.0. The van der Waals surface area contributed by atoms with E-state index in [4.69, 9.17) is 84.2 Å². The summed E-state index contributed by atoms with van der Waals surface area (Å²) in [6, 6.07) is 25.5. The molecule has 8 rings (SSSR count). The molecule has 0 radical (unpaired) electrons. The van der Waals surface area contributed by atoms with Crippen molar-refractivity contribution in [2.45, 2.75) is 118 Å². The molecule has 4 heterocycles. The van der Waals surface area contributed by atoms with Gasteiger partial charge < -0.3 is 45.4 Å². The fourth-order valence-corrected chi connectivity index (χ4v) is 12.7. The van der Waals surface area contributed by atoms with E-state index in [1.165, 1.54) is 24.1 Å². The van der Waals surface area contributed by atoms with Gasteiger partial charge >= 0.3 is 42.4 Å². The average molecular weight is 1440 g/mol. The minimum Gasteiger partial charge on any atom is -0.475 e. The number of amides is 5. The summed E-state index contributed by atoms with van der Waals surface area (Å²) in [5.41, 5.74) is 1.04. The number of alkyl halides is 11. The second-order valence-electron chi connectivity index (χ2n) is 24.0. The van der Waals surface area contributed by atoms with Crippen molar-refractivity contribution in [3.8, 4) is 0 Å². The molecule has 4 N–H and O–H groups in total. The van der Waals surface area contributed by atoms with Crippen LogP contribution in [-0.2, 0) is 63.7 Å². The summed E-state index contributed by atoms with van der Waals surface area (Å²) in [6.45, 7) is 7.81. The fourth-order valence-electron chi connectivity index (χ4n) is 12.1. The maximum Gasteiger partial charge on any atom is 0.490 e. The van der Waals surface area contributed by atoms with Crippen molar-refractivity contribution in [3.05, 3.63) is 138 Å². The van der Waals surface area contributed by atoms with Crippen molar-refractivity contribution in [3.63, 3.8) is 0 Å². The Labute approximate surface area is 563 Å². The summed E-state index contributed by atoms with van der Waals surface area (Å²) >= 11 is 34.5. The van der Waals surface area contributed by atoms with Crippen LogP contribution in [0.5, 0.6) is 0 Å². The first-order valence-corrected chi connectivity index (χ1v) is 31.6. The van der Waals surface area contributed by atoms with Crippen molar-refractivity contribution in [1.82, 2.24) is 40.4 Å². The zero-order valence-electron chi connectivity index (χ0n) is 51.8. The Morgan fingerprint density at radius 3 is 1.34 bits per heavy atom. The van der Waals surface area contributed by atoms with E-state index in [2.05, 4.69) is 31.8 Å². The number of likely N-dealkylation sites (N-methyl/N-ethyl adjacent to an activating group) is 4. The third-order valence-corrected chi connectivity index (χ3v) is 18.3. The Balaban J connectivity index is 0.000000297. The van der Waals surface area contributed by atoms with E-state index in [1.54, 1.807) is 52.1 Å². The number of benzene rings is 4. The van der Waals surface area contributed by atoms with Crippen LogP contribution in [0, 0.1) is 0 Å². The molecule has 4 aromatic carbocycles. The van der Waals surface area contributed by atoms with E-state index in [0.29, 0.717) is 97.3 Å². The molecule has 4 aromatic rings. The number of halogens is 15. The third kappa shape index (κ3) is 20.3. The van der Waals surface area contributed by atoms with Crippen molar-refractivity contribution in [2.75, 3.05) is 85.9 Å². The number of rotatable bonds is 14. The molecule has 2 fully saturated rings. The molecule has 0 bridgehead atoms. The Morgan fingerprint density at radius 1 is 0.591 bits per heavy atom. The Kier molecular flexibility index (Phi) is 26.9. The molecule has 0 aliphatic carbocycles. The molecule has 0 aromatic heterocycles. The number of ether oxygens (including phenoxy) is 1. The van der Waals surface area contributed by atoms with Crippen LogP contribution in [0.2, 0.25) is 20.1 Å². The molecule has 31 heteroatoms. The Hall–Kier alpha value is -5.51. The largest absolute Gasteiger partial charge is 0.490 e. The van der Waals surface area contributed by atoms with Crippen molar-refractivity contribution in [1.29, 1.82) is 0 Å². The molecule has 4 aliphatic rings. The van der Waals surface area contributed by atoms with Crippen LogP contribution in [0.3, 0.4) is 0 Å². The minimum absolute atomic E-state index is 0.0170. The predicted octanol–water partition coefficient (Wildman–Crippen LogP) is 12.7. The van der Waals surface area contributed by atoms with Gasteiger partial charge in [0.1, 0.15) is 5.60 Å². The van der Waals surface area contributed by atoms with E-state index in [0.717, 1.165) is 49.2 Å². The zero-order valence-corrected chi connectivity index (χ0v) is 56.3. The second-order valence-corrected chi connectivity index (χ2v) is 26.4. The molecule has 93 heavy (non-hydrogen) atoms. The average Bonchev–Trinajstić information content (AvgIpc) is 0.881. The Bertz CT molecular complexity index is 3290. The standard InChI is InChI=1S/C32H39Cl2F3N4O4.C27H31Cl2F3N4O2.C2HF3O2.CH2Cl2/c1-29(2,3)45-28(44)40(5)31(20-39(4)27(43)32(35,36)37,22-10-11-24(33)25(34)19-22)14-17-41-15-12-30(13-16-41)23-9-7-6-8-21(23)18-26(42)38-30;1-33-26(17-35(2)24(38)27(30,31)32,19-7-8-21(28)22(29)16-19)11-14-36-12-9-25(10-13-36)20-6-4-3-5-18(20)15-23(37)34-25;3-2(4,5)1(6)7;2-1-3/h6-11,19H,12-18,20H2,1-5H3,(H,38,42);3-8,16,33H,9-15,17H2,1-2H3,(H,34,37);(H,6,7);1H2. The van der Waals surface area contributed by atoms with Gasteiger partial charge in [0, 0.05) is 73.5 Å². The van der Waals surface area contributed by atoms with Crippen LogP contribution in [0.1, 0.15) is 92.7 Å². The molecular weight excluding hydrogens is 1370 g/mol. The first-order valence-electron chi connectivity index (χ1n) is 29.0. The van der Waals surface area contributed by atoms with Crippen LogP contribution in [-0.4, -0.2) is 175 Å². The van der Waals surface area contributed by atoms with Gasteiger partial charge in [-0.25, -0.2) is 9.59 Å². The number of likely N-dealkylation sites (tertiary alicyclic amines) is 2. The van der Waals surface area contributed by atoms with Gasteiger partial charge in [-0.3, -0.25) is 24.1 Å². The minimum atomic E-state index is -5.12. The predicted molar refractivity (Wildman–Crippen MR) is 337 cm³/mol. The molecular formula is C62H73Cl6F9N8O8. The molecule has 514 valence electrons. The molecule has 2 atom stereocenters. The van der Waals surface area contributed by atoms with E-state index in [-0.39, 0.29) is 45.2 Å². The van der Waals surface area contributed by atoms with Crippen molar-refractivity contribution in [2.24, 2.45) is 0 Å². The zero-order chi connectivity index (χ0) is 69.9. The molecule has 5 amide bonds. The molecule has 16 nitrogen and oxygen atoms in total. The topological polar surface area (TPSA) is 184 Å². The van der Waals surface area contributed by atoms with Gasteiger partial charge in [0.25, 0.3) is 0 Å². The van der Waals surface area contributed by atoms with Gasteiger partial charge in [-0.1, -0.05) is 107 Å². The van der Waals surface area contributed by atoms with Gasteiger partial charge in [-0.15, -0.1) is 23.2 Å². The highest BCUT2D eigenvalue weighted by atomic mass is 35.5. The van der Waals surface area contributed by atoms with Crippen molar-refractivity contribution >= 4 is 105 Å². The van der Waals surface area contributed by atoms with E-state index < -0.39 is 76.7 Å². The maximum atomic E-state index is 13.6. The van der Waals surface area contributed by atoms with E-state index in [1.807, 2.05) is 42.5 Å². The van der Waals surface area contributed by atoms with Gasteiger partial charge in [0.05, 0.1) is 60.4 Å². The van der Waals surface area contributed by atoms with Crippen LogP contribution in [0.25, 0.3) is 0 Å². The van der Waals surface area contributed by atoms with Crippen molar-refractivity contribution < 1.29 is 78.1 Å². The SMILES string of the molecule is CN(CC(CCN1CCC2(CC1)NC(=O)Cc1ccccc12)(c1ccc(Cl)c(Cl)c1)N(C)C(=O)OC(C)(C)C)C(=O)C(F)(F)F.CNC(CCN1CCC2(CC1)NC(=O)Cc1ccccc12)(CN(C)C(=O)C(F)(F)F)c1ccc(Cl)c(Cl)c1.ClCCl.O=C(O)C(F)(F)F. The number of nitrogens with one attached hydrogen (secondary N) is 3. The molecule has 4 aliphatic heterocycles. The lowest BCUT2D eigenvalue weighted by atomic mass is 9.75. The van der Waals surface area contributed by atoms with Crippen LogP contribution in [0.4, 0.5) is 44.3 Å². The van der Waals surface area contributed by atoms with Crippen LogP contribution >= 0.6 is 69.6 Å². The molecule has 2 saturated heterocycles. The highest BCUT2D eigenvalue weighted by Crippen LogP contribution is 2.43. The maximum absolute atomic E-state index is 13.6. The van der Waals surface area contributed by atoms with E-state index >= 15 is 0 Å². The number of hydrogen-bond donors (Lipinski definition) is 4. The lowest BCUT2D eigenvalue weighted by molar-refractivity contribution is -0.192. The summed E-state index contributed by atoms with van der Waals surface area (Å²) in [5.74, 6) is -6.73. The number of carbonyl (C=O) groups is 6. The number of piperidine rings is 2. The summed E-state index contributed by atoms with van der Waals surface area (Å²) < 4.78 is 118. The summed E-state index contributed by atoms with van der Waals surface area (Å²) in [5, 5.41) is 17.9. The van der Waals surface area contributed by atoms with Crippen LogP contribution in [0.15, 0.2) is 84.9 Å². The number of hydrogen-bond acceptors (Lipinski definition) is 10. The monoisotopic (exact) mass is 1440 g/mol. The first-order chi connectivity index (χ1) is 43.1. The quantitative estimate of drug-likeness (QED) is 0.0696. The highest BCUT2D eigenvalue weighted by Gasteiger charge is 2.50. The number of carbonyl (C=O) groups excluding carboxylic acids is 5. The van der Waals surface area contributed by atoms with Crippen LogP contribution < -0.4 is 16.0 Å². The third-order valence-electron chi connectivity index (χ3n) is 16.8. The Morgan fingerprint density at radius 2 is 0.968 bits per heavy atom.